The van der Waals surface area contributed by atoms with E-state index in [0.717, 1.165) is 12.0 Å². The smallest absolute Gasteiger partial charge is 0.257 e. The second kappa shape index (κ2) is 9.01. The number of carbonyl (C=O) groups is 2. The zero-order valence-corrected chi connectivity index (χ0v) is 15.0. The molecule has 2 heterocycles. The Morgan fingerprint density at radius 2 is 2.08 bits per heavy atom. The maximum absolute atomic E-state index is 12.7. The molecule has 0 bridgehead atoms. The summed E-state index contributed by atoms with van der Waals surface area (Å²) in [4.78, 5) is 30.5. The Bertz CT molecular complexity index is 710. The van der Waals surface area contributed by atoms with Gasteiger partial charge < -0.3 is 14.6 Å². The van der Waals surface area contributed by atoms with Crippen LogP contribution in [0.4, 0.5) is 0 Å². The number of hydrogen-bond donors (Lipinski definition) is 1. The lowest BCUT2D eigenvalue weighted by atomic mass is 10.2. The molecule has 0 aromatic carbocycles. The quantitative estimate of drug-likeness (QED) is 0.800. The fraction of sp³-hybridized carbons (Fsp3) is 0.421. The van der Waals surface area contributed by atoms with Gasteiger partial charge in [-0.25, -0.2) is 0 Å². The molecule has 6 heteroatoms. The summed E-state index contributed by atoms with van der Waals surface area (Å²) < 4.78 is 5.44. The minimum absolute atomic E-state index is 0.0853. The van der Waals surface area contributed by atoms with Gasteiger partial charge in [-0.3, -0.25) is 14.6 Å². The zero-order valence-electron chi connectivity index (χ0n) is 15.0. The van der Waals surface area contributed by atoms with Gasteiger partial charge in [0, 0.05) is 38.4 Å². The summed E-state index contributed by atoms with van der Waals surface area (Å²) in [7, 11) is 0. The Hall–Kier alpha value is -2.63. The number of aryl methyl sites for hydroxylation is 2. The molecule has 25 heavy (non-hydrogen) atoms. The van der Waals surface area contributed by atoms with E-state index in [1.807, 2.05) is 26.0 Å². The highest BCUT2D eigenvalue weighted by molar-refractivity contribution is 5.95. The summed E-state index contributed by atoms with van der Waals surface area (Å²) in [5.41, 5.74) is 1.52. The molecule has 2 rings (SSSR count). The minimum Gasteiger partial charge on any atom is -0.466 e. The average molecular weight is 343 g/mol. The van der Waals surface area contributed by atoms with Gasteiger partial charge >= 0.3 is 0 Å². The largest absolute Gasteiger partial charge is 0.466 e. The van der Waals surface area contributed by atoms with Crippen LogP contribution >= 0.6 is 0 Å². The first-order chi connectivity index (χ1) is 12.0. The van der Waals surface area contributed by atoms with Crippen LogP contribution in [0.2, 0.25) is 0 Å². The number of rotatable bonds is 8. The number of hydrogen-bond acceptors (Lipinski definition) is 4. The Kier molecular flexibility index (Phi) is 6.74. The highest BCUT2D eigenvalue weighted by Crippen LogP contribution is 2.16. The van der Waals surface area contributed by atoms with Crippen LogP contribution in [-0.4, -0.2) is 34.8 Å². The Morgan fingerprint density at radius 1 is 1.28 bits per heavy atom. The summed E-state index contributed by atoms with van der Waals surface area (Å²) in [6, 6.07) is 5.49. The van der Waals surface area contributed by atoms with E-state index in [1.54, 1.807) is 30.3 Å². The lowest BCUT2D eigenvalue weighted by molar-refractivity contribution is -0.121. The van der Waals surface area contributed by atoms with Crippen molar-refractivity contribution in [2.75, 3.05) is 13.1 Å². The van der Waals surface area contributed by atoms with Crippen LogP contribution in [0.25, 0.3) is 0 Å². The van der Waals surface area contributed by atoms with E-state index in [4.69, 9.17) is 4.42 Å². The molecular formula is C19H25N3O3. The number of aromatic nitrogens is 1. The average Bonchev–Trinajstić information content (AvgIpc) is 2.95. The maximum atomic E-state index is 12.7. The minimum atomic E-state index is -0.0868. The molecule has 6 nitrogen and oxygen atoms in total. The van der Waals surface area contributed by atoms with Gasteiger partial charge in [0.2, 0.25) is 5.91 Å². The van der Waals surface area contributed by atoms with E-state index < -0.39 is 0 Å². The molecule has 0 saturated heterocycles. The van der Waals surface area contributed by atoms with Crippen molar-refractivity contribution in [1.29, 1.82) is 0 Å². The third-order valence-electron chi connectivity index (χ3n) is 3.87. The first kappa shape index (κ1) is 18.7. The molecule has 2 aromatic rings. The van der Waals surface area contributed by atoms with Crippen molar-refractivity contribution in [3.8, 4) is 0 Å². The van der Waals surface area contributed by atoms with Crippen LogP contribution in [0.1, 0.15) is 47.2 Å². The predicted molar refractivity (Wildman–Crippen MR) is 95.1 cm³/mol. The molecule has 0 aliphatic carbocycles. The highest BCUT2D eigenvalue weighted by Gasteiger charge is 2.20. The molecule has 0 atom stereocenters. The third kappa shape index (κ3) is 5.45. The first-order valence-electron chi connectivity index (χ1n) is 8.53. The van der Waals surface area contributed by atoms with Crippen molar-refractivity contribution in [2.24, 2.45) is 0 Å². The number of furan rings is 1. The molecule has 2 aromatic heterocycles. The number of nitrogens with one attached hydrogen (secondary N) is 1. The van der Waals surface area contributed by atoms with Gasteiger partial charge in [-0.15, -0.1) is 0 Å². The topological polar surface area (TPSA) is 75.4 Å². The van der Waals surface area contributed by atoms with Gasteiger partial charge in [-0.2, -0.15) is 0 Å². The molecule has 0 aliphatic rings. The molecule has 0 unspecified atom stereocenters. The monoisotopic (exact) mass is 343 g/mol. The van der Waals surface area contributed by atoms with Crippen molar-refractivity contribution < 1.29 is 14.0 Å². The molecule has 1 N–H and O–H groups in total. The zero-order chi connectivity index (χ0) is 18.2. The Balaban J connectivity index is 1.89. The second-order valence-electron chi connectivity index (χ2n) is 6.01. The SMILES string of the molecule is CCCN(CCC(=O)NCc1cccnc1)C(=O)c1cc(C)oc1C. The summed E-state index contributed by atoms with van der Waals surface area (Å²) >= 11 is 0. The standard InChI is InChI=1S/C19H25N3O3/c1-4-9-22(19(24)17-11-14(2)25-15(17)3)10-7-18(23)21-13-16-6-5-8-20-12-16/h5-6,8,11-12H,4,7,9-10,13H2,1-3H3,(H,21,23). The molecular weight excluding hydrogens is 318 g/mol. The summed E-state index contributed by atoms with van der Waals surface area (Å²) in [6.07, 6.45) is 4.51. The van der Waals surface area contributed by atoms with Crippen molar-refractivity contribution in [3.05, 3.63) is 53.2 Å². The normalized spacial score (nSPS) is 10.5. The fourth-order valence-corrected chi connectivity index (χ4v) is 2.63. The summed E-state index contributed by atoms with van der Waals surface area (Å²) in [6.45, 7) is 7.04. The van der Waals surface area contributed by atoms with Crippen molar-refractivity contribution in [1.82, 2.24) is 15.2 Å². The Morgan fingerprint density at radius 3 is 2.68 bits per heavy atom. The second-order valence-corrected chi connectivity index (χ2v) is 6.01. The molecule has 0 radical (unpaired) electrons. The summed E-state index contributed by atoms with van der Waals surface area (Å²) in [5.74, 6) is 1.16. The van der Waals surface area contributed by atoms with Crippen LogP contribution < -0.4 is 5.32 Å². The number of carbonyl (C=O) groups excluding carboxylic acids is 2. The molecule has 2 amide bonds. The fourth-order valence-electron chi connectivity index (χ4n) is 2.63. The van der Waals surface area contributed by atoms with E-state index in [9.17, 15) is 9.59 Å². The third-order valence-corrected chi connectivity index (χ3v) is 3.87. The van der Waals surface area contributed by atoms with Crippen LogP contribution in [-0.2, 0) is 11.3 Å². The number of amides is 2. The van der Waals surface area contributed by atoms with Crippen LogP contribution in [0.5, 0.6) is 0 Å². The van der Waals surface area contributed by atoms with E-state index in [2.05, 4.69) is 10.3 Å². The van der Waals surface area contributed by atoms with Gasteiger partial charge in [0.15, 0.2) is 0 Å². The molecule has 0 spiro atoms. The van der Waals surface area contributed by atoms with Crippen LogP contribution in [0.3, 0.4) is 0 Å². The van der Waals surface area contributed by atoms with Crippen molar-refractivity contribution in [2.45, 2.75) is 40.2 Å². The van der Waals surface area contributed by atoms with E-state index in [1.165, 1.54) is 0 Å². The molecule has 0 saturated carbocycles. The van der Waals surface area contributed by atoms with Gasteiger partial charge in [0.25, 0.3) is 5.91 Å². The van der Waals surface area contributed by atoms with Crippen LogP contribution in [0.15, 0.2) is 35.0 Å². The van der Waals surface area contributed by atoms with Crippen molar-refractivity contribution in [3.63, 3.8) is 0 Å². The van der Waals surface area contributed by atoms with Gasteiger partial charge in [0.05, 0.1) is 5.56 Å². The lowest BCUT2D eigenvalue weighted by Crippen LogP contribution is -2.35. The molecule has 0 fully saturated rings. The maximum Gasteiger partial charge on any atom is 0.257 e. The van der Waals surface area contributed by atoms with Crippen molar-refractivity contribution >= 4 is 11.8 Å². The van der Waals surface area contributed by atoms with Crippen LogP contribution in [0, 0.1) is 13.8 Å². The van der Waals surface area contributed by atoms with Gasteiger partial charge in [0.1, 0.15) is 11.5 Å². The van der Waals surface area contributed by atoms with Gasteiger partial charge in [-0.1, -0.05) is 13.0 Å². The van der Waals surface area contributed by atoms with Gasteiger partial charge in [-0.05, 0) is 38.0 Å². The predicted octanol–water partition coefficient (Wildman–Crippen LogP) is 2.85. The summed E-state index contributed by atoms with van der Waals surface area (Å²) in [5, 5.41) is 2.86. The molecule has 0 aliphatic heterocycles. The Labute approximate surface area is 148 Å². The first-order valence-corrected chi connectivity index (χ1v) is 8.53. The van der Waals surface area contributed by atoms with E-state index in [0.29, 0.717) is 36.7 Å². The lowest BCUT2D eigenvalue weighted by Gasteiger charge is -2.21. The number of nitrogens with zero attached hydrogens (tertiary/aromatic N) is 2. The highest BCUT2D eigenvalue weighted by atomic mass is 16.3. The molecule has 134 valence electrons. The number of pyridine rings is 1. The van der Waals surface area contributed by atoms with E-state index in [-0.39, 0.29) is 18.2 Å². The van der Waals surface area contributed by atoms with E-state index >= 15 is 0 Å².